The average molecular weight is 79.1 g/mol. The lowest BCUT2D eigenvalue weighted by molar-refractivity contribution is 1.80. The summed E-state index contributed by atoms with van der Waals surface area (Å²) in [4.78, 5) is 0. The van der Waals surface area contributed by atoms with Gasteiger partial charge in [-0.1, -0.05) is 0 Å². The van der Waals surface area contributed by atoms with Gasteiger partial charge in [0.05, 0.1) is 0 Å². The zero-order valence-corrected chi connectivity index (χ0v) is 3.65. The van der Waals surface area contributed by atoms with Crippen LogP contribution in [-0.4, -0.2) is 0 Å². The van der Waals surface area contributed by atoms with E-state index in [2.05, 4.69) is 18.9 Å². The molecule has 0 amide bonds. The minimum Gasteiger partial charge on any atom is -0.0129 e. The molecule has 0 aromatic rings. The van der Waals surface area contributed by atoms with E-state index in [9.17, 15) is 0 Å². The van der Waals surface area contributed by atoms with Crippen molar-refractivity contribution in [1.29, 1.82) is 0 Å². The zero-order valence-electron chi connectivity index (χ0n) is 3.65. The molecule has 0 aliphatic carbocycles. The lowest BCUT2D eigenvalue weighted by Crippen LogP contribution is -1.47. The molecule has 0 radical (unpaired) electrons. The third-order valence-electron chi connectivity index (χ3n) is 0.350. The summed E-state index contributed by atoms with van der Waals surface area (Å²) < 4.78 is 0. The molecule has 0 unspecified atom stereocenters. The highest BCUT2D eigenvalue weighted by molar-refractivity contribution is 5.02. The third-order valence-corrected chi connectivity index (χ3v) is 0.350. The van der Waals surface area contributed by atoms with Crippen molar-refractivity contribution in [2.24, 2.45) is 0 Å². The maximum absolute atomic E-state index is 3.44. The molecular weight excluding hydrogens is 72.1 g/mol. The van der Waals surface area contributed by atoms with Crippen LogP contribution < -0.4 is 0 Å². The SMILES string of the molecule is C=C=C[CH+]C=C. The van der Waals surface area contributed by atoms with Crippen LogP contribution in [-0.2, 0) is 0 Å². The lowest BCUT2D eigenvalue weighted by Gasteiger charge is -1.55. The van der Waals surface area contributed by atoms with E-state index in [1.807, 2.05) is 0 Å². The second-order valence-electron chi connectivity index (χ2n) is 0.799. The van der Waals surface area contributed by atoms with Gasteiger partial charge in [0.25, 0.3) is 0 Å². The minimum absolute atomic E-state index is 1.68. The highest BCUT2D eigenvalue weighted by atomic mass is 13.6. The lowest BCUT2D eigenvalue weighted by atomic mass is 10.4. The number of hydrogen-bond acceptors (Lipinski definition) is 0. The highest BCUT2D eigenvalue weighted by Crippen LogP contribution is 1.73. The summed E-state index contributed by atoms with van der Waals surface area (Å²) in [5.41, 5.74) is 2.57. The van der Waals surface area contributed by atoms with Gasteiger partial charge in [0, 0.05) is 24.8 Å². The van der Waals surface area contributed by atoms with E-state index in [1.54, 1.807) is 18.6 Å². The number of hydrogen-bond donors (Lipinski definition) is 0. The topological polar surface area (TPSA) is 0 Å². The van der Waals surface area contributed by atoms with Crippen molar-refractivity contribution >= 4 is 0 Å². The van der Waals surface area contributed by atoms with Crippen LogP contribution in [0.1, 0.15) is 0 Å². The fourth-order valence-corrected chi connectivity index (χ4v) is 0.136. The summed E-state index contributed by atoms with van der Waals surface area (Å²) in [5.74, 6) is 0. The van der Waals surface area contributed by atoms with E-state index in [4.69, 9.17) is 0 Å². The van der Waals surface area contributed by atoms with Crippen molar-refractivity contribution in [2.75, 3.05) is 0 Å². The standard InChI is InChI=1S/C6H7/c1-3-5-6-4-2/h3,5-6H,1-2H2/q+1. The molecule has 0 aromatic heterocycles. The van der Waals surface area contributed by atoms with Crippen molar-refractivity contribution in [2.45, 2.75) is 0 Å². The molecule has 0 atom stereocenters. The molecule has 0 saturated carbocycles. The second kappa shape index (κ2) is 4.13. The van der Waals surface area contributed by atoms with E-state index < -0.39 is 0 Å². The van der Waals surface area contributed by atoms with E-state index >= 15 is 0 Å². The molecular formula is C6H7+. The Bertz CT molecular complexity index is 74.0. The summed E-state index contributed by atoms with van der Waals surface area (Å²) in [6.07, 6.45) is 5.15. The van der Waals surface area contributed by atoms with Crippen molar-refractivity contribution in [3.63, 3.8) is 0 Å². The smallest absolute Gasteiger partial charge is 0.0129 e. The Hall–Kier alpha value is -0.870. The molecule has 0 aromatic carbocycles. The van der Waals surface area contributed by atoms with Crippen molar-refractivity contribution in [3.8, 4) is 0 Å². The van der Waals surface area contributed by atoms with Gasteiger partial charge in [-0.05, 0) is 6.58 Å². The second-order valence-corrected chi connectivity index (χ2v) is 0.799. The predicted octanol–water partition coefficient (Wildman–Crippen LogP) is 1.72. The van der Waals surface area contributed by atoms with Gasteiger partial charge >= 0.3 is 0 Å². The van der Waals surface area contributed by atoms with Crippen LogP contribution in [0.4, 0.5) is 0 Å². The molecule has 0 nitrogen and oxygen atoms in total. The van der Waals surface area contributed by atoms with Gasteiger partial charge in [-0.3, -0.25) is 0 Å². The van der Waals surface area contributed by atoms with E-state index in [0.29, 0.717) is 0 Å². The van der Waals surface area contributed by atoms with Crippen LogP contribution >= 0.6 is 0 Å². The summed E-state index contributed by atoms with van der Waals surface area (Å²) in [6, 6.07) is 0. The average Bonchev–Trinajstić information content (AvgIpc) is 1.61. The Morgan fingerprint density at radius 1 is 1.67 bits per heavy atom. The summed E-state index contributed by atoms with van der Waals surface area (Å²) in [6.45, 7) is 6.78. The number of allylic oxidation sites excluding steroid dienone is 2. The Morgan fingerprint density at radius 2 is 2.33 bits per heavy atom. The first-order valence-corrected chi connectivity index (χ1v) is 1.72. The molecule has 0 fully saturated rings. The normalized spacial score (nSPS) is 5.33. The predicted molar refractivity (Wildman–Crippen MR) is 28.2 cm³/mol. The summed E-state index contributed by atoms with van der Waals surface area (Å²) in [5, 5.41) is 0. The minimum atomic E-state index is 1.68. The first-order valence-electron chi connectivity index (χ1n) is 1.72. The Kier molecular flexibility index (Phi) is 3.53. The maximum atomic E-state index is 3.44. The molecule has 0 heterocycles. The Labute approximate surface area is 38.5 Å². The molecule has 0 rings (SSSR count). The fraction of sp³-hybridized carbons (Fsp3) is 0. The van der Waals surface area contributed by atoms with Crippen molar-refractivity contribution < 1.29 is 0 Å². The molecule has 0 N–H and O–H groups in total. The van der Waals surface area contributed by atoms with Gasteiger partial charge in [0.15, 0.2) is 0 Å². The summed E-state index contributed by atoms with van der Waals surface area (Å²) >= 11 is 0. The maximum Gasteiger partial charge on any atom is 0.101 e. The van der Waals surface area contributed by atoms with Gasteiger partial charge in [0.1, 0.15) is 6.08 Å². The molecule has 0 aliphatic heterocycles. The quantitative estimate of drug-likeness (QED) is 0.349. The molecule has 0 heteroatoms. The van der Waals surface area contributed by atoms with Crippen LogP contribution in [0.2, 0.25) is 0 Å². The molecule has 0 spiro atoms. The largest absolute Gasteiger partial charge is 0.101 e. The van der Waals surface area contributed by atoms with Crippen LogP contribution in [0.25, 0.3) is 0 Å². The molecule has 30 valence electrons. The third kappa shape index (κ3) is 3.13. The van der Waals surface area contributed by atoms with E-state index in [1.165, 1.54) is 0 Å². The molecule has 6 heavy (non-hydrogen) atoms. The first-order chi connectivity index (χ1) is 2.91. The number of rotatable bonds is 2. The van der Waals surface area contributed by atoms with Crippen molar-refractivity contribution in [1.82, 2.24) is 0 Å². The van der Waals surface area contributed by atoms with Gasteiger partial charge in [-0.25, -0.2) is 0 Å². The van der Waals surface area contributed by atoms with E-state index in [-0.39, 0.29) is 0 Å². The first kappa shape index (κ1) is 5.13. The van der Waals surface area contributed by atoms with E-state index in [0.717, 1.165) is 0 Å². The van der Waals surface area contributed by atoms with Gasteiger partial charge in [-0.15, -0.1) is 0 Å². The zero-order chi connectivity index (χ0) is 4.83. The summed E-state index contributed by atoms with van der Waals surface area (Å²) in [7, 11) is 0. The molecule has 0 bridgehead atoms. The fourth-order valence-electron chi connectivity index (χ4n) is 0.136. The van der Waals surface area contributed by atoms with Gasteiger partial charge < -0.3 is 0 Å². The van der Waals surface area contributed by atoms with Crippen LogP contribution in [0.3, 0.4) is 0 Å². The van der Waals surface area contributed by atoms with Gasteiger partial charge in [0.2, 0.25) is 0 Å². The molecule has 0 aliphatic rings. The Morgan fingerprint density at radius 3 is 2.50 bits per heavy atom. The van der Waals surface area contributed by atoms with Crippen LogP contribution in [0.15, 0.2) is 31.0 Å². The van der Waals surface area contributed by atoms with Crippen molar-refractivity contribution in [3.05, 3.63) is 37.5 Å². The van der Waals surface area contributed by atoms with Gasteiger partial charge in [-0.2, -0.15) is 0 Å². The Balaban J connectivity index is 3.07. The van der Waals surface area contributed by atoms with Crippen LogP contribution in [0.5, 0.6) is 0 Å². The monoisotopic (exact) mass is 79.1 g/mol. The molecule has 0 saturated heterocycles. The highest BCUT2D eigenvalue weighted by Gasteiger charge is 1.66. The van der Waals surface area contributed by atoms with Crippen LogP contribution in [0, 0.1) is 6.42 Å².